The summed E-state index contributed by atoms with van der Waals surface area (Å²) in [5.41, 5.74) is 7.29. The monoisotopic (exact) mass is 210 g/mol. The van der Waals surface area contributed by atoms with Gasteiger partial charge in [0.25, 0.3) is 0 Å². The van der Waals surface area contributed by atoms with Crippen molar-refractivity contribution >= 4 is 16.3 Å². The average Bonchev–Trinajstić information content (AvgIpc) is 2.34. The molecule has 2 rings (SSSR count). The first-order chi connectivity index (χ1) is 6.66. The maximum Gasteiger partial charge on any atom is 0.0862 e. The zero-order valence-corrected chi connectivity index (χ0v) is 9.73. The summed E-state index contributed by atoms with van der Waals surface area (Å²) >= 11 is 1.77. The summed E-state index contributed by atoms with van der Waals surface area (Å²) in [6.07, 6.45) is 2.34. The Hall–Kier alpha value is -0.540. The van der Waals surface area contributed by atoms with Crippen molar-refractivity contribution in [1.29, 1.82) is 0 Å². The number of anilines is 1. The Balaban J connectivity index is 2.12. The molecule has 0 spiro atoms. The Bertz CT molecular complexity index is 292. The normalized spacial score (nSPS) is 18.2. The number of nitrogens with zero attached hydrogens (tertiary/aromatic N) is 1. The van der Waals surface area contributed by atoms with E-state index >= 15 is 0 Å². The SMILES string of the molecule is CC(C)N1CCc2cc(N)sc2CC1. The van der Waals surface area contributed by atoms with Crippen LogP contribution >= 0.6 is 11.3 Å². The van der Waals surface area contributed by atoms with E-state index in [0.717, 1.165) is 5.00 Å². The largest absolute Gasteiger partial charge is 0.391 e. The molecule has 0 unspecified atom stereocenters. The van der Waals surface area contributed by atoms with Crippen molar-refractivity contribution in [2.75, 3.05) is 18.8 Å². The number of hydrogen-bond donors (Lipinski definition) is 1. The maximum atomic E-state index is 5.81. The highest BCUT2D eigenvalue weighted by atomic mass is 32.1. The second kappa shape index (κ2) is 3.91. The second-order valence-electron chi connectivity index (χ2n) is 4.23. The van der Waals surface area contributed by atoms with Gasteiger partial charge in [0, 0.05) is 24.0 Å². The van der Waals surface area contributed by atoms with Crippen LogP contribution in [0.4, 0.5) is 5.00 Å². The topological polar surface area (TPSA) is 29.3 Å². The third kappa shape index (κ3) is 1.93. The molecule has 0 radical (unpaired) electrons. The molecule has 1 aliphatic heterocycles. The number of fused-ring (bicyclic) bond motifs is 1. The fourth-order valence-electron chi connectivity index (χ4n) is 2.05. The number of hydrogen-bond acceptors (Lipinski definition) is 3. The van der Waals surface area contributed by atoms with E-state index in [1.807, 2.05) is 0 Å². The van der Waals surface area contributed by atoms with Gasteiger partial charge >= 0.3 is 0 Å². The lowest BCUT2D eigenvalue weighted by molar-refractivity contribution is 0.233. The summed E-state index contributed by atoms with van der Waals surface area (Å²) in [7, 11) is 0. The van der Waals surface area contributed by atoms with E-state index in [0.29, 0.717) is 6.04 Å². The van der Waals surface area contributed by atoms with E-state index in [9.17, 15) is 0 Å². The molecule has 1 aliphatic rings. The highest BCUT2D eigenvalue weighted by molar-refractivity contribution is 7.16. The molecule has 14 heavy (non-hydrogen) atoms. The highest BCUT2D eigenvalue weighted by Gasteiger charge is 2.17. The first-order valence-electron chi connectivity index (χ1n) is 5.28. The lowest BCUT2D eigenvalue weighted by Gasteiger charge is -2.23. The summed E-state index contributed by atoms with van der Waals surface area (Å²) in [6.45, 7) is 6.91. The van der Waals surface area contributed by atoms with Gasteiger partial charge in [0.05, 0.1) is 5.00 Å². The molecule has 0 bridgehead atoms. The van der Waals surface area contributed by atoms with Crippen LogP contribution in [0.25, 0.3) is 0 Å². The number of rotatable bonds is 1. The minimum Gasteiger partial charge on any atom is -0.391 e. The molecule has 3 heteroatoms. The Kier molecular flexibility index (Phi) is 2.79. The summed E-state index contributed by atoms with van der Waals surface area (Å²) in [5, 5.41) is 0.980. The third-order valence-corrected chi connectivity index (χ3v) is 4.01. The van der Waals surface area contributed by atoms with Gasteiger partial charge in [-0.15, -0.1) is 11.3 Å². The van der Waals surface area contributed by atoms with Gasteiger partial charge in [-0.25, -0.2) is 0 Å². The summed E-state index contributed by atoms with van der Waals surface area (Å²) in [6, 6.07) is 2.82. The number of nitrogens with two attached hydrogens (primary N) is 1. The van der Waals surface area contributed by atoms with Gasteiger partial charge < -0.3 is 10.6 Å². The molecule has 1 aromatic heterocycles. The smallest absolute Gasteiger partial charge is 0.0862 e. The van der Waals surface area contributed by atoms with Gasteiger partial charge in [0.1, 0.15) is 0 Å². The minimum absolute atomic E-state index is 0.668. The molecule has 78 valence electrons. The van der Waals surface area contributed by atoms with E-state index in [-0.39, 0.29) is 0 Å². The molecular weight excluding hydrogens is 192 g/mol. The molecule has 2 heterocycles. The van der Waals surface area contributed by atoms with E-state index in [4.69, 9.17) is 5.73 Å². The molecule has 2 nitrogen and oxygen atoms in total. The van der Waals surface area contributed by atoms with E-state index < -0.39 is 0 Å². The standard InChI is InChI=1S/C11H18N2S/c1-8(2)13-5-3-9-7-11(12)14-10(9)4-6-13/h7-8H,3-6,12H2,1-2H3. The van der Waals surface area contributed by atoms with E-state index in [2.05, 4.69) is 24.8 Å². The predicted molar refractivity (Wildman–Crippen MR) is 62.8 cm³/mol. The summed E-state index contributed by atoms with van der Waals surface area (Å²) < 4.78 is 0. The van der Waals surface area contributed by atoms with Gasteiger partial charge in [-0.3, -0.25) is 0 Å². The molecule has 0 aliphatic carbocycles. The van der Waals surface area contributed by atoms with Crippen LogP contribution in [-0.2, 0) is 12.8 Å². The zero-order chi connectivity index (χ0) is 10.1. The molecule has 0 aromatic carbocycles. The molecule has 0 saturated heterocycles. The molecule has 0 fully saturated rings. The van der Waals surface area contributed by atoms with Crippen LogP contribution in [0.15, 0.2) is 6.07 Å². The predicted octanol–water partition coefficient (Wildman–Crippen LogP) is 2.14. The van der Waals surface area contributed by atoms with Crippen molar-refractivity contribution in [3.05, 3.63) is 16.5 Å². The average molecular weight is 210 g/mol. The number of nitrogen functional groups attached to an aromatic ring is 1. The van der Waals surface area contributed by atoms with E-state index in [1.165, 1.54) is 36.4 Å². The molecule has 1 aromatic rings. The fraction of sp³-hybridized carbons (Fsp3) is 0.636. The summed E-state index contributed by atoms with van der Waals surface area (Å²) in [4.78, 5) is 4.05. The van der Waals surface area contributed by atoms with Gasteiger partial charge in [0.2, 0.25) is 0 Å². The Morgan fingerprint density at radius 2 is 2.07 bits per heavy atom. The van der Waals surface area contributed by atoms with Gasteiger partial charge in [-0.1, -0.05) is 0 Å². The minimum atomic E-state index is 0.668. The molecule has 0 saturated carbocycles. The quantitative estimate of drug-likeness (QED) is 0.769. The van der Waals surface area contributed by atoms with Crippen molar-refractivity contribution in [3.63, 3.8) is 0 Å². The lowest BCUT2D eigenvalue weighted by atomic mass is 10.2. The first-order valence-corrected chi connectivity index (χ1v) is 6.09. The number of thiophene rings is 1. The van der Waals surface area contributed by atoms with Crippen LogP contribution in [0.5, 0.6) is 0 Å². The van der Waals surface area contributed by atoms with Gasteiger partial charge in [-0.05, 0) is 38.3 Å². The Morgan fingerprint density at radius 3 is 2.79 bits per heavy atom. The van der Waals surface area contributed by atoms with Crippen LogP contribution in [0.3, 0.4) is 0 Å². The first kappa shape index (κ1) is 9.99. The van der Waals surface area contributed by atoms with Crippen molar-refractivity contribution in [1.82, 2.24) is 4.90 Å². The van der Waals surface area contributed by atoms with Crippen molar-refractivity contribution in [2.45, 2.75) is 32.7 Å². The molecule has 0 atom stereocenters. The third-order valence-electron chi connectivity index (χ3n) is 2.94. The fourth-order valence-corrected chi connectivity index (χ4v) is 3.02. The van der Waals surface area contributed by atoms with E-state index in [1.54, 1.807) is 11.3 Å². The van der Waals surface area contributed by atoms with Crippen molar-refractivity contribution < 1.29 is 0 Å². The second-order valence-corrected chi connectivity index (χ2v) is 5.40. The van der Waals surface area contributed by atoms with Gasteiger partial charge in [-0.2, -0.15) is 0 Å². The lowest BCUT2D eigenvalue weighted by Crippen LogP contribution is -2.33. The van der Waals surface area contributed by atoms with Crippen molar-refractivity contribution in [3.8, 4) is 0 Å². The van der Waals surface area contributed by atoms with Crippen LogP contribution in [0.1, 0.15) is 24.3 Å². The highest BCUT2D eigenvalue weighted by Crippen LogP contribution is 2.27. The Morgan fingerprint density at radius 1 is 1.36 bits per heavy atom. The molecule has 0 amide bonds. The van der Waals surface area contributed by atoms with Crippen LogP contribution in [0.2, 0.25) is 0 Å². The van der Waals surface area contributed by atoms with Gasteiger partial charge in [0.15, 0.2) is 0 Å². The summed E-state index contributed by atoms with van der Waals surface area (Å²) in [5.74, 6) is 0. The van der Waals surface area contributed by atoms with Crippen LogP contribution in [-0.4, -0.2) is 24.0 Å². The molecule has 2 N–H and O–H groups in total. The maximum absolute atomic E-state index is 5.81. The zero-order valence-electron chi connectivity index (χ0n) is 8.92. The van der Waals surface area contributed by atoms with Crippen molar-refractivity contribution in [2.24, 2.45) is 0 Å². The molecular formula is C11H18N2S. The Labute approximate surface area is 89.7 Å². The van der Waals surface area contributed by atoms with Crippen LogP contribution < -0.4 is 5.73 Å². The van der Waals surface area contributed by atoms with Crippen LogP contribution in [0, 0.1) is 0 Å².